The van der Waals surface area contributed by atoms with Gasteiger partial charge in [-0.05, 0) is 11.1 Å². The Labute approximate surface area is 110 Å². The topological polar surface area (TPSA) is 87.0 Å². The number of anilines is 1. The highest BCUT2D eigenvalue weighted by molar-refractivity contribution is 6.29. The molecule has 0 aliphatic heterocycles. The summed E-state index contributed by atoms with van der Waals surface area (Å²) in [7, 11) is 0. The molecule has 1 aromatic heterocycles. The van der Waals surface area contributed by atoms with Gasteiger partial charge in [0.1, 0.15) is 11.8 Å². The Morgan fingerprint density at radius 1 is 1.17 bits per heavy atom. The number of nitrogens with zero attached hydrogens (tertiary/aromatic N) is 2. The van der Waals surface area contributed by atoms with E-state index >= 15 is 0 Å². The molecule has 18 heavy (non-hydrogen) atoms. The van der Waals surface area contributed by atoms with E-state index in [1.165, 1.54) is 6.07 Å². The maximum Gasteiger partial charge on any atom is 0.224 e. The highest BCUT2D eigenvalue weighted by Gasteiger charge is 2.04. The molecular weight excluding hydrogens is 252 g/mol. The fourth-order valence-electron chi connectivity index (χ4n) is 1.54. The lowest BCUT2D eigenvalue weighted by atomic mass is 10.1. The third kappa shape index (κ3) is 3.09. The summed E-state index contributed by atoms with van der Waals surface area (Å²) < 4.78 is 5.53. The second-order valence-corrected chi connectivity index (χ2v) is 4.04. The van der Waals surface area contributed by atoms with Crippen molar-refractivity contribution in [2.75, 3.05) is 5.73 Å². The first-order valence-electron chi connectivity index (χ1n) is 5.38. The smallest absolute Gasteiger partial charge is 0.224 e. The van der Waals surface area contributed by atoms with Crippen molar-refractivity contribution in [3.05, 3.63) is 46.6 Å². The van der Waals surface area contributed by atoms with Crippen LogP contribution < -0.4 is 16.2 Å². The molecule has 1 aromatic carbocycles. The lowest BCUT2D eigenvalue weighted by Gasteiger charge is -2.09. The van der Waals surface area contributed by atoms with Gasteiger partial charge in [0.05, 0.1) is 0 Å². The highest BCUT2D eigenvalue weighted by Crippen LogP contribution is 2.17. The number of nitrogens with two attached hydrogens (primary N) is 2. The Morgan fingerprint density at radius 2 is 1.89 bits per heavy atom. The Balaban J connectivity index is 2.11. The van der Waals surface area contributed by atoms with Crippen LogP contribution in [0.1, 0.15) is 11.1 Å². The molecule has 0 spiro atoms. The van der Waals surface area contributed by atoms with E-state index in [1.807, 2.05) is 24.3 Å². The average Bonchev–Trinajstić information content (AvgIpc) is 2.35. The zero-order valence-corrected chi connectivity index (χ0v) is 10.4. The van der Waals surface area contributed by atoms with Crippen LogP contribution in [0.4, 0.5) is 5.95 Å². The number of aromatic nitrogens is 2. The summed E-state index contributed by atoms with van der Waals surface area (Å²) in [5, 5.41) is 0.254. The van der Waals surface area contributed by atoms with Crippen molar-refractivity contribution in [1.82, 2.24) is 9.97 Å². The molecule has 0 saturated heterocycles. The normalized spacial score (nSPS) is 10.3. The highest BCUT2D eigenvalue weighted by atomic mass is 35.5. The van der Waals surface area contributed by atoms with Gasteiger partial charge < -0.3 is 16.2 Å². The van der Waals surface area contributed by atoms with E-state index in [1.54, 1.807) is 0 Å². The maximum atomic E-state index is 5.76. The molecule has 0 saturated carbocycles. The van der Waals surface area contributed by atoms with E-state index in [-0.39, 0.29) is 11.1 Å². The van der Waals surface area contributed by atoms with E-state index in [0.717, 1.165) is 11.1 Å². The first-order chi connectivity index (χ1) is 8.69. The molecule has 6 heteroatoms. The maximum absolute atomic E-state index is 5.76. The number of rotatable bonds is 4. The van der Waals surface area contributed by atoms with Gasteiger partial charge in [-0.3, -0.25) is 0 Å². The zero-order valence-electron chi connectivity index (χ0n) is 9.64. The molecule has 4 N–H and O–H groups in total. The van der Waals surface area contributed by atoms with E-state index in [2.05, 4.69) is 9.97 Å². The molecule has 5 nitrogen and oxygen atoms in total. The molecule has 0 radical (unpaired) electrons. The van der Waals surface area contributed by atoms with Crippen molar-refractivity contribution >= 4 is 17.5 Å². The minimum atomic E-state index is 0.0876. The molecule has 0 fully saturated rings. The lowest BCUT2D eigenvalue weighted by Crippen LogP contribution is -2.06. The third-order valence-electron chi connectivity index (χ3n) is 2.40. The molecule has 2 aromatic rings. The van der Waals surface area contributed by atoms with Gasteiger partial charge in [-0.25, -0.2) is 4.98 Å². The molecule has 0 amide bonds. The van der Waals surface area contributed by atoms with Gasteiger partial charge in [0, 0.05) is 12.6 Å². The van der Waals surface area contributed by atoms with Crippen molar-refractivity contribution in [3.63, 3.8) is 0 Å². The van der Waals surface area contributed by atoms with Gasteiger partial charge in [-0.1, -0.05) is 35.9 Å². The van der Waals surface area contributed by atoms with Gasteiger partial charge in [0.25, 0.3) is 0 Å². The Morgan fingerprint density at radius 3 is 2.56 bits per heavy atom. The van der Waals surface area contributed by atoms with Crippen LogP contribution >= 0.6 is 11.6 Å². The van der Waals surface area contributed by atoms with Crippen LogP contribution in [-0.2, 0) is 13.2 Å². The molecular formula is C12H13ClN4O. The molecule has 0 aliphatic carbocycles. The summed E-state index contributed by atoms with van der Waals surface area (Å²) in [6, 6.07) is 9.29. The lowest BCUT2D eigenvalue weighted by molar-refractivity contribution is 0.293. The van der Waals surface area contributed by atoms with Crippen LogP contribution in [0.2, 0.25) is 5.15 Å². The number of halogens is 1. The molecule has 0 unspecified atom stereocenters. The van der Waals surface area contributed by atoms with Gasteiger partial charge in [0.2, 0.25) is 11.8 Å². The standard InChI is InChI=1S/C12H13ClN4O/c13-10-5-11(17-12(15)16-10)18-7-9-4-2-1-3-8(9)6-14/h1-5H,6-7,14H2,(H2,15,16,17). The summed E-state index contributed by atoms with van der Waals surface area (Å²) in [6.07, 6.45) is 0. The van der Waals surface area contributed by atoms with Crippen molar-refractivity contribution in [2.45, 2.75) is 13.2 Å². The van der Waals surface area contributed by atoms with E-state index < -0.39 is 0 Å². The first kappa shape index (κ1) is 12.6. The quantitative estimate of drug-likeness (QED) is 0.822. The number of nitrogen functional groups attached to an aromatic ring is 1. The van der Waals surface area contributed by atoms with E-state index in [4.69, 9.17) is 27.8 Å². The molecule has 94 valence electrons. The Kier molecular flexibility index (Phi) is 3.96. The number of hydrogen-bond donors (Lipinski definition) is 2. The Hall–Kier alpha value is -1.85. The summed E-state index contributed by atoms with van der Waals surface area (Å²) >= 11 is 5.76. The van der Waals surface area contributed by atoms with Gasteiger partial charge in [0.15, 0.2) is 0 Å². The van der Waals surface area contributed by atoms with Gasteiger partial charge in [-0.2, -0.15) is 4.98 Å². The fourth-order valence-corrected chi connectivity index (χ4v) is 1.72. The monoisotopic (exact) mass is 264 g/mol. The number of benzene rings is 1. The first-order valence-corrected chi connectivity index (χ1v) is 5.76. The van der Waals surface area contributed by atoms with Crippen molar-refractivity contribution in [3.8, 4) is 5.88 Å². The minimum absolute atomic E-state index is 0.0876. The summed E-state index contributed by atoms with van der Waals surface area (Å²) in [6.45, 7) is 0.826. The van der Waals surface area contributed by atoms with Crippen molar-refractivity contribution in [1.29, 1.82) is 0 Å². The molecule has 2 rings (SSSR count). The van der Waals surface area contributed by atoms with Crippen LogP contribution in [0.3, 0.4) is 0 Å². The second-order valence-electron chi connectivity index (χ2n) is 3.65. The van der Waals surface area contributed by atoms with E-state index in [0.29, 0.717) is 19.0 Å². The van der Waals surface area contributed by atoms with Gasteiger partial charge in [-0.15, -0.1) is 0 Å². The van der Waals surface area contributed by atoms with Crippen LogP contribution in [0.25, 0.3) is 0 Å². The summed E-state index contributed by atoms with van der Waals surface area (Å²) in [5.74, 6) is 0.434. The zero-order chi connectivity index (χ0) is 13.0. The SMILES string of the molecule is NCc1ccccc1COc1cc(Cl)nc(N)n1. The van der Waals surface area contributed by atoms with Crippen LogP contribution in [0.15, 0.2) is 30.3 Å². The molecule has 0 bridgehead atoms. The van der Waals surface area contributed by atoms with Crippen LogP contribution in [0, 0.1) is 0 Å². The second kappa shape index (κ2) is 5.66. The predicted molar refractivity (Wildman–Crippen MR) is 70.1 cm³/mol. The van der Waals surface area contributed by atoms with E-state index in [9.17, 15) is 0 Å². The fraction of sp³-hybridized carbons (Fsp3) is 0.167. The average molecular weight is 265 g/mol. The third-order valence-corrected chi connectivity index (χ3v) is 2.60. The molecule has 1 heterocycles. The van der Waals surface area contributed by atoms with Crippen molar-refractivity contribution < 1.29 is 4.74 Å². The van der Waals surface area contributed by atoms with Crippen LogP contribution in [0.5, 0.6) is 5.88 Å². The largest absolute Gasteiger partial charge is 0.473 e. The van der Waals surface area contributed by atoms with Crippen LogP contribution in [-0.4, -0.2) is 9.97 Å². The van der Waals surface area contributed by atoms with Gasteiger partial charge >= 0.3 is 0 Å². The summed E-state index contributed by atoms with van der Waals surface area (Å²) in [5.41, 5.74) is 13.2. The molecule has 0 atom stereocenters. The minimum Gasteiger partial charge on any atom is -0.473 e. The number of ether oxygens (including phenoxy) is 1. The molecule has 0 aliphatic rings. The predicted octanol–water partition coefficient (Wildman–Crippen LogP) is 1.75. The Bertz CT molecular complexity index is 527. The summed E-state index contributed by atoms with van der Waals surface area (Å²) in [4.78, 5) is 7.69. The number of hydrogen-bond acceptors (Lipinski definition) is 5. The van der Waals surface area contributed by atoms with Crippen molar-refractivity contribution in [2.24, 2.45) is 5.73 Å².